The second-order valence-corrected chi connectivity index (χ2v) is 10.8. The average molecular weight is 633 g/mol. The van der Waals surface area contributed by atoms with Crippen molar-refractivity contribution < 1.29 is 38.2 Å². The lowest BCUT2D eigenvalue weighted by Crippen LogP contribution is -2.47. The quantitative estimate of drug-likeness (QED) is 0.190. The molecule has 1 aromatic carbocycles. The van der Waals surface area contributed by atoms with E-state index in [-0.39, 0.29) is 38.3 Å². The summed E-state index contributed by atoms with van der Waals surface area (Å²) in [5.74, 6) is -1.99. The van der Waals surface area contributed by atoms with Gasteiger partial charge in [0.25, 0.3) is 5.56 Å². The van der Waals surface area contributed by atoms with Crippen molar-refractivity contribution in [3.05, 3.63) is 68.5 Å². The lowest BCUT2D eigenvalue weighted by Gasteiger charge is -2.24. The van der Waals surface area contributed by atoms with Crippen LogP contribution in [0.25, 0.3) is 0 Å². The van der Waals surface area contributed by atoms with E-state index in [1.54, 1.807) is 45.0 Å². The van der Waals surface area contributed by atoms with Crippen LogP contribution in [-0.4, -0.2) is 101 Å². The molecule has 16 nitrogen and oxygen atoms in total. The zero-order valence-corrected chi connectivity index (χ0v) is 26.0. The molecule has 0 radical (unpaired) electrons. The molecule has 0 aliphatic carbocycles. The first-order valence-electron chi connectivity index (χ1n) is 14.0. The molecule has 1 aromatic heterocycles. The third-order valence-corrected chi connectivity index (χ3v) is 5.95. The fourth-order valence-electron chi connectivity index (χ4n) is 3.71. The van der Waals surface area contributed by atoms with Gasteiger partial charge in [-0.2, -0.15) is 0 Å². The van der Waals surface area contributed by atoms with Crippen LogP contribution in [0.2, 0.25) is 0 Å². The number of nitrogens with one attached hydrogen (secondary N) is 3. The van der Waals surface area contributed by atoms with Gasteiger partial charge in [0.15, 0.2) is 0 Å². The molecule has 0 saturated heterocycles. The molecule has 0 spiro atoms. The molecule has 0 unspecified atom stereocenters. The molecule has 4 amide bonds. The molecule has 0 aliphatic rings. The molecule has 2 aromatic rings. The Morgan fingerprint density at radius 3 is 2.22 bits per heavy atom. The first-order chi connectivity index (χ1) is 21.2. The monoisotopic (exact) mass is 632 g/mol. The second-order valence-electron chi connectivity index (χ2n) is 10.8. The van der Waals surface area contributed by atoms with Crippen LogP contribution in [0.3, 0.4) is 0 Å². The number of aromatic amines is 1. The lowest BCUT2D eigenvalue weighted by molar-refractivity contribution is -0.147. The molecule has 0 atom stereocenters. The van der Waals surface area contributed by atoms with Gasteiger partial charge in [0.1, 0.15) is 31.8 Å². The number of ether oxygens (including phenoxy) is 3. The molecule has 16 heteroatoms. The van der Waals surface area contributed by atoms with Crippen LogP contribution in [0.4, 0.5) is 9.59 Å². The number of nitrogens with zero attached hydrogens (tertiary/aromatic N) is 3. The summed E-state index contributed by atoms with van der Waals surface area (Å²) in [5, 5.41) is 5.10. The summed E-state index contributed by atoms with van der Waals surface area (Å²) in [6.45, 7) is 4.77. The molecular formula is C29H40N6O10. The minimum atomic E-state index is -0.802. The van der Waals surface area contributed by atoms with Gasteiger partial charge in [-0.25, -0.2) is 14.4 Å². The van der Waals surface area contributed by atoms with Crippen molar-refractivity contribution in [1.29, 1.82) is 0 Å². The smallest absolute Gasteiger partial charge is 0.410 e. The Labute approximate surface area is 259 Å². The van der Waals surface area contributed by atoms with E-state index in [1.807, 2.05) is 6.07 Å². The van der Waals surface area contributed by atoms with Crippen LogP contribution in [0.15, 0.2) is 46.1 Å². The number of hydrogen-bond donors (Lipinski definition) is 3. The van der Waals surface area contributed by atoms with Gasteiger partial charge >= 0.3 is 23.8 Å². The maximum atomic E-state index is 12.9. The summed E-state index contributed by atoms with van der Waals surface area (Å²) < 4.78 is 16.2. The number of aryl methyl sites for hydroxylation is 1. The Hall–Kier alpha value is -5.15. The number of amides is 4. The predicted octanol–water partition coefficient (Wildman–Crippen LogP) is 0.126. The van der Waals surface area contributed by atoms with Crippen molar-refractivity contribution in [3.8, 4) is 0 Å². The molecule has 45 heavy (non-hydrogen) atoms. The molecule has 0 aliphatic heterocycles. The first-order valence-corrected chi connectivity index (χ1v) is 14.0. The van der Waals surface area contributed by atoms with Gasteiger partial charge in [0.05, 0.1) is 7.11 Å². The zero-order valence-electron chi connectivity index (χ0n) is 26.0. The number of carbonyl (C=O) groups excluding carboxylic acids is 5. The van der Waals surface area contributed by atoms with E-state index in [4.69, 9.17) is 9.47 Å². The summed E-state index contributed by atoms with van der Waals surface area (Å²) in [4.78, 5) is 90.6. The third kappa shape index (κ3) is 13.4. The van der Waals surface area contributed by atoms with Crippen LogP contribution < -0.4 is 21.9 Å². The van der Waals surface area contributed by atoms with E-state index in [2.05, 4.69) is 20.4 Å². The molecule has 0 bridgehead atoms. The second kappa shape index (κ2) is 17.2. The van der Waals surface area contributed by atoms with Gasteiger partial charge in [-0.1, -0.05) is 30.3 Å². The highest BCUT2D eigenvalue weighted by atomic mass is 16.6. The maximum absolute atomic E-state index is 12.9. The Kier molecular flexibility index (Phi) is 13.8. The predicted molar refractivity (Wildman–Crippen MR) is 160 cm³/mol. The molecule has 0 fully saturated rings. The van der Waals surface area contributed by atoms with Crippen LogP contribution in [-0.2, 0) is 41.7 Å². The van der Waals surface area contributed by atoms with Crippen molar-refractivity contribution in [2.75, 3.05) is 46.4 Å². The number of esters is 1. The van der Waals surface area contributed by atoms with E-state index < -0.39 is 66.5 Å². The van der Waals surface area contributed by atoms with Crippen molar-refractivity contribution in [2.45, 2.75) is 46.4 Å². The van der Waals surface area contributed by atoms with Gasteiger partial charge in [-0.15, -0.1) is 0 Å². The topological polar surface area (TPSA) is 198 Å². The van der Waals surface area contributed by atoms with E-state index >= 15 is 0 Å². The summed E-state index contributed by atoms with van der Waals surface area (Å²) in [5.41, 5.74) is -1.17. The highest BCUT2D eigenvalue weighted by Gasteiger charge is 2.22. The molecule has 1 heterocycles. The highest BCUT2D eigenvalue weighted by Crippen LogP contribution is 2.07. The first kappa shape index (κ1) is 36.0. The van der Waals surface area contributed by atoms with Crippen molar-refractivity contribution in [3.63, 3.8) is 0 Å². The summed E-state index contributed by atoms with van der Waals surface area (Å²) >= 11 is 0. The van der Waals surface area contributed by atoms with Gasteiger partial charge in [-0.05, 0) is 33.3 Å². The van der Waals surface area contributed by atoms with Gasteiger partial charge in [-0.3, -0.25) is 33.6 Å². The number of hydrogen-bond acceptors (Lipinski definition) is 10. The van der Waals surface area contributed by atoms with Crippen LogP contribution in [0.1, 0.15) is 31.9 Å². The lowest BCUT2D eigenvalue weighted by atomic mass is 10.2. The van der Waals surface area contributed by atoms with Crippen LogP contribution in [0.5, 0.6) is 0 Å². The third-order valence-electron chi connectivity index (χ3n) is 5.95. The van der Waals surface area contributed by atoms with Crippen LogP contribution in [0, 0.1) is 6.92 Å². The zero-order chi connectivity index (χ0) is 33.6. The van der Waals surface area contributed by atoms with Crippen molar-refractivity contribution in [2.24, 2.45) is 0 Å². The van der Waals surface area contributed by atoms with Crippen molar-refractivity contribution >= 4 is 30.0 Å². The number of benzene rings is 1. The largest absolute Gasteiger partial charge is 0.468 e. The molecule has 246 valence electrons. The Morgan fingerprint density at radius 1 is 0.933 bits per heavy atom. The fourth-order valence-corrected chi connectivity index (χ4v) is 3.71. The van der Waals surface area contributed by atoms with E-state index in [0.717, 1.165) is 27.0 Å². The normalized spacial score (nSPS) is 10.8. The Bertz CT molecular complexity index is 1450. The number of rotatable bonds is 14. The average Bonchev–Trinajstić information content (AvgIpc) is 2.97. The SMILES string of the molecule is COC(=O)CN(CCNC(=O)CN(CCNC(=O)OC(C)(C)C)C(=O)OCc1ccccc1)C(=O)Cn1cc(C)c(=O)[nH]c1=O. The number of methoxy groups -OCH3 is 1. The molecule has 3 N–H and O–H groups in total. The molecule has 0 saturated carbocycles. The van der Waals surface area contributed by atoms with Gasteiger partial charge in [0.2, 0.25) is 11.8 Å². The van der Waals surface area contributed by atoms with Gasteiger partial charge in [0, 0.05) is 37.9 Å². The minimum Gasteiger partial charge on any atom is -0.468 e. The fraction of sp³-hybridized carbons (Fsp3) is 0.483. The minimum absolute atomic E-state index is 0.0341. The van der Waals surface area contributed by atoms with E-state index in [0.29, 0.717) is 0 Å². The maximum Gasteiger partial charge on any atom is 0.410 e. The number of aromatic nitrogens is 2. The Balaban J connectivity index is 2.02. The summed E-state index contributed by atoms with van der Waals surface area (Å²) in [7, 11) is 1.14. The van der Waals surface area contributed by atoms with Gasteiger partial charge < -0.3 is 29.7 Å². The number of H-pyrrole nitrogens is 1. The standard InChI is InChI=1S/C29H40N6O10/c1-20-15-35(26(40)32-25(20)39)17-23(37)33(18-24(38)43-5)13-11-30-22(36)16-34(14-12-31-27(41)45-29(2,3)4)28(42)44-19-21-9-7-6-8-10-21/h6-10,15H,11-14,16-19H2,1-5H3,(H,30,36)(H,31,41)(H,32,39,40). The van der Waals surface area contributed by atoms with E-state index in [1.165, 1.54) is 13.1 Å². The summed E-state index contributed by atoms with van der Waals surface area (Å²) in [6.07, 6.45) is -0.274. The number of carbonyl (C=O) groups is 5. The number of alkyl carbamates (subject to hydrolysis) is 1. The molecular weight excluding hydrogens is 592 g/mol. The highest BCUT2D eigenvalue weighted by molar-refractivity contribution is 5.83. The Morgan fingerprint density at radius 2 is 1.58 bits per heavy atom. The van der Waals surface area contributed by atoms with E-state index in [9.17, 15) is 33.6 Å². The molecule has 2 rings (SSSR count). The van der Waals surface area contributed by atoms with Crippen LogP contribution >= 0.6 is 0 Å². The summed E-state index contributed by atoms with van der Waals surface area (Å²) in [6, 6.07) is 8.92. The van der Waals surface area contributed by atoms with Crippen molar-refractivity contribution in [1.82, 2.24) is 30.0 Å².